The van der Waals surface area contributed by atoms with Crippen molar-refractivity contribution in [2.45, 2.75) is 73.6 Å². The molecule has 0 aliphatic carbocycles. The van der Waals surface area contributed by atoms with Gasteiger partial charge in [-0.05, 0) is 76.3 Å². The summed E-state index contributed by atoms with van der Waals surface area (Å²) in [5, 5.41) is 2.94. The van der Waals surface area contributed by atoms with E-state index in [1.54, 1.807) is 24.3 Å². The number of esters is 1. The maximum Gasteiger partial charge on any atom is 0.407 e. The Morgan fingerprint density at radius 1 is 1.00 bits per heavy atom. The molecule has 0 aliphatic heterocycles. The predicted molar refractivity (Wildman–Crippen MR) is 153 cm³/mol. The molecule has 0 aliphatic rings. The molecule has 7 heteroatoms. The highest BCUT2D eigenvalue weighted by molar-refractivity contribution is 5.89. The predicted octanol–water partition coefficient (Wildman–Crippen LogP) is 6.95. The minimum Gasteiger partial charge on any atom is -0.489 e. The first-order valence-corrected chi connectivity index (χ1v) is 13.2. The number of carbonyl (C=O) groups excluding carboxylic acids is 2. The van der Waals surface area contributed by atoms with Gasteiger partial charge in [-0.1, -0.05) is 49.7 Å². The molecule has 1 heterocycles. The Hall–Kier alpha value is -3.87. The third kappa shape index (κ3) is 8.31. The molecule has 0 saturated carbocycles. The van der Waals surface area contributed by atoms with E-state index in [1.807, 2.05) is 27.7 Å². The fourth-order valence-electron chi connectivity index (χ4n) is 4.30. The Kier molecular flexibility index (Phi) is 9.73. The zero-order valence-corrected chi connectivity index (χ0v) is 24.3. The fraction of sp³-hybridized carbons (Fsp3) is 0.406. The Bertz CT molecular complexity index is 1310. The largest absolute Gasteiger partial charge is 0.489 e. The zero-order chi connectivity index (χ0) is 28.7. The Morgan fingerprint density at radius 3 is 2.31 bits per heavy atom. The first kappa shape index (κ1) is 29.7. The molecule has 7 nitrogen and oxygen atoms in total. The highest BCUT2D eigenvalue weighted by Gasteiger charge is 2.23. The van der Waals surface area contributed by atoms with Crippen LogP contribution in [0.25, 0.3) is 11.1 Å². The highest BCUT2D eigenvalue weighted by Crippen LogP contribution is 2.34. The van der Waals surface area contributed by atoms with Gasteiger partial charge < -0.3 is 19.5 Å². The van der Waals surface area contributed by atoms with Crippen molar-refractivity contribution in [1.82, 2.24) is 10.3 Å². The van der Waals surface area contributed by atoms with Crippen LogP contribution < -0.4 is 10.1 Å². The molecule has 0 radical (unpaired) electrons. The van der Waals surface area contributed by atoms with Gasteiger partial charge in [-0.25, -0.2) is 9.59 Å². The molecule has 2 aromatic carbocycles. The average Bonchev–Trinajstić information content (AvgIpc) is 2.86. The van der Waals surface area contributed by atoms with Gasteiger partial charge in [0.15, 0.2) is 0 Å². The summed E-state index contributed by atoms with van der Waals surface area (Å²) in [6.45, 7) is 14.3. The molecule has 0 fully saturated rings. The van der Waals surface area contributed by atoms with Crippen molar-refractivity contribution < 1.29 is 23.8 Å². The van der Waals surface area contributed by atoms with Gasteiger partial charge in [-0.2, -0.15) is 0 Å². The Labute approximate surface area is 231 Å². The first-order chi connectivity index (χ1) is 18.4. The van der Waals surface area contributed by atoms with Gasteiger partial charge in [0, 0.05) is 29.1 Å². The number of hydrogen-bond donors (Lipinski definition) is 1. The van der Waals surface area contributed by atoms with E-state index in [1.165, 1.54) is 7.11 Å². The Balaban J connectivity index is 2.09. The topological polar surface area (TPSA) is 86.8 Å². The van der Waals surface area contributed by atoms with Crippen LogP contribution in [0.5, 0.6) is 5.75 Å². The lowest BCUT2D eigenvalue weighted by atomic mass is 9.90. The quantitative estimate of drug-likeness (QED) is 0.300. The van der Waals surface area contributed by atoms with Crippen LogP contribution >= 0.6 is 0 Å². The van der Waals surface area contributed by atoms with Crippen molar-refractivity contribution in [2.24, 2.45) is 5.92 Å². The second-order valence-corrected chi connectivity index (χ2v) is 11.1. The second-order valence-electron chi connectivity index (χ2n) is 11.1. The molecule has 0 spiro atoms. The average molecular weight is 533 g/mol. The maximum absolute atomic E-state index is 12.6. The van der Waals surface area contributed by atoms with Gasteiger partial charge in [0.2, 0.25) is 0 Å². The van der Waals surface area contributed by atoms with Crippen molar-refractivity contribution in [3.8, 4) is 16.9 Å². The van der Waals surface area contributed by atoms with Gasteiger partial charge >= 0.3 is 12.1 Å². The number of amides is 1. The summed E-state index contributed by atoms with van der Waals surface area (Å²) in [7, 11) is 1.35. The van der Waals surface area contributed by atoms with Gasteiger partial charge in [0.1, 0.15) is 18.0 Å². The van der Waals surface area contributed by atoms with E-state index in [0.29, 0.717) is 17.2 Å². The van der Waals surface area contributed by atoms with Crippen LogP contribution in [0.1, 0.15) is 73.1 Å². The van der Waals surface area contributed by atoms with E-state index in [0.717, 1.165) is 45.6 Å². The van der Waals surface area contributed by atoms with E-state index < -0.39 is 17.7 Å². The van der Waals surface area contributed by atoms with Gasteiger partial charge in [0.25, 0.3) is 0 Å². The number of carbonyl (C=O) groups is 2. The number of alkyl carbamates (subject to hydrolysis) is 1. The van der Waals surface area contributed by atoms with Crippen LogP contribution in [0.2, 0.25) is 0 Å². The van der Waals surface area contributed by atoms with Crippen molar-refractivity contribution in [3.63, 3.8) is 0 Å². The number of nitrogens with one attached hydrogen (secondary N) is 1. The lowest BCUT2D eigenvalue weighted by Crippen LogP contribution is -2.32. The van der Waals surface area contributed by atoms with E-state index in [9.17, 15) is 9.59 Å². The van der Waals surface area contributed by atoms with Gasteiger partial charge in [-0.3, -0.25) is 4.98 Å². The molecule has 3 aromatic rings. The molecule has 1 amide bonds. The normalized spacial score (nSPS) is 11.3. The van der Waals surface area contributed by atoms with Crippen LogP contribution in [-0.2, 0) is 29.0 Å². The summed E-state index contributed by atoms with van der Waals surface area (Å²) in [5.41, 5.74) is 6.60. The van der Waals surface area contributed by atoms with E-state index in [-0.39, 0.29) is 13.2 Å². The lowest BCUT2D eigenvalue weighted by molar-refractivity contribution is 0.0522. The molecule has 0 saturated heterocycles. The molecular weight excluding hydrogens is 492 g/mol. The molecule has 208 valence electrons. The van der Waals surface area contributed by atoms with Crippen LogP contribution in [-0.4, -0.2) is 29.8 Å². The van der Waals surface area contributed by atoms with Crippen molar-refractivity contribution >= 4 is 12.1 Å². The molecule has 0 atom stereocenters. The third-order valence-corrected chi connectivity index (χ3v) is 6.08. The maximum atomic E-state index is 12.6. The summed E-state index contributed by atoms with van der Waals surface area (Å²) in [6, 6.07) is 15.2. The number of nitrogens with zero attached hydrogens (tertiary/aromatic N) is 1. The van der Waals surface area contributed by atoms with Gasteiger partial charge in [-0.15, -0.1) is 0 Å². The number of pyridine rings is 1. The van der Waals surface area contributed by atoms with Crippen LogP contribution in [0.15, 0.2) is 48.5 Å². The second kappa shape index (κ2) is 12.8. The first-order valence-electron chi connectivity index (χ1n) is 13.2. The molecule has 3 rings (SSSR count). The number of ether oxygens (including phenoxy) is 3. The van der Waals surface area contributed by atoms with E-state index in [2.05, 4.69) is 50.4 Å². The van der Waals surface area contributed by atoms with Crippen LogP contribution in [0, 0.1) is 19.8 Å². The standard InChI is InChI=1S/C32H40N2O5/c1-20(2)16-28-26(18-33-31(36)39-32(5,6)7)29(23-14-12-21(3)13-15-23)27(22(4)34-28)19-38-25-11-9-10-24(17-25)30(35)37-8/h9-15,17,20H,16,18-19H2,1-8H3,(H,33,36). The number of aryl methyl sites for hydroxylation is 2. The van der Waals surface area contributed by atoms with Crippen molar-refractivity contribution in [1.29, 1.82) is 0 Å². The molecule has 39 heavy (non-hydrogen) atoms. The molecule has 1 aromatic heterocycles. The molecule has 0 bridgehead atoms. The summed E-state index contributed by atoms with van der Waals surface area (Å²) in [6.07, 6.45) is 0.277. The molecule has 0 unspecified atom stereocenters. The number of rotatable bonds is 9. The molecule has 1 N–H and O–H groups in total. The van der Waals surface area contributed by atoms with Crippen molar-refractivity contribution in [2.75, 3.05) is 7.11 Å². The fourth-order valence-corrected chi connectivity index (χ4v) is 4.30. The minimum atomic E-state index is -0.603. The highest BCUT2D eigenvalue weighted by atomic mass is 16.6. The zero-order valence-electron chi connectivity index (χ0n) is 24.3. The third-order valence-electron chi connectivity index (χ3n) is 6.08. The van der Waals surface area contributed by atoms with E-state index >= 15 is 0 Å². The lowest BCUT2D eigenvalue weighted by Gasteiger charge is -2.24. The van der Waals surface area contributed by atoms with Gasteiger partial charge in [0.05, 0.1) is 12.7 Å². The summed E-state index contributed by atoms with van der Waals surface area (Å²) >= 11 is 0. The number of aromatic nitrogens is 1. The summed E-state index contributed by atoms with van der Waals surface area (Å²) in [5.74, 6) is 0.491. The van der Waals surface area contributed by atoms with E-state index in [4.69, 9.17) is 19.2 Å². The SMILES string of the molecule is COC(=O)c1cccc(OCc2c(C)nc(CC(C)C)c(CNC(=O)OC(C)(C)C)c2-c2ccc(C)cc2)c1. The number of hydrogen-bond acceptors (Lipinski definition) is 6. The Morgan fingerprint density at radius 2 is 1.69 bits per heavy atom. The van der Waals surface area contributed by atoms with Crippen LogP contribution in [0.4, 0.5) is 4.79 Å². The number of benzene rings is 2. The minimum absolute atomic E-state index is 0.230. The smallest absolute Gasteiger partial charge is 0.407 e. The summed E-state index contributed by atoms with van der Waals surface area (Å²) < 4.78 is 16.6. The summed E-state index contributed by atoms with van der Waals surface area (Å²) in [4.78, 5) is 29.6. The van der Waals surface area contributed by atoms with Crippen molar-refractivity contribution in [3.05, 3.63) is 82.2 Å². The number of methoxy groups -OCH3 is 1. The van der Waals surface area contributed by atoms with Crippen LogP contribution in [0.3, 0.4) is 0 Å². The molecular formula is C32H40N2O5. The monoisotopic (exact) mass is 532 g/mol.